The summed E-state index contributed by atoms with van der Waals surface area (Å²) >= 11 is 5.77. The third kappa shape index (κ3) is 2.17. The smallest absolute Gasteiger partial charge is 0.128 e. The normalized spacial score (nSPS) is 25.1. The van der Waals surface area contributed by atoms with E-state index in [4.69, 9.17) is 11.6 Å². The number of aromatic nitrogens is 1. The molecule has 2 rings (SSSR count). The van der Waals surface area contributed by atoms with Crippen molar-refractivity contribution in [2.75, 3.05) is 4.90 Å². The van der Waals surface area contributed by atoms with E-state index in [1.807, 2.05) is 6.20 Å². The van der Waals surface area contributed by atoms with Crippen molar-refractivity contribution in [3.8, 4) is 0 Å². The van der Waals surface area contributed by atoms with Crippen LogP contribution >= 0.6 is 11.6 Å². The molecule has 0 aliphatic carbocycles. The second-order valence-electron chi connectivity index (χ2n) is 4.55. The highest BCUT2D eigenvalue weighted by Crippen LogP contribution is 2.30. The lowest BCUT2D eigenvalue weighted by molar-refractivity contribution is 0.621. The Morgan fingerprint density at radius 3 is 2.81 bits per heavy atom. The number of anilines is 1. The third-order valence-electron chi connectivity index (χ3n) is 3.49. The van der Waals surface area contributed by atoms with Gasteiger partial charge in [-0.25, -0.2) is 4.98 Å². The highest BCUT2D eigenvalue weighted by Gasteiger charge is 2.29. The van der Waals surface area contributed by atoms with Crippen LogP contribution in [-0.4, -0.2) is 17.1 Å². The van der Waals surface area contributed by atoms with Crippen LogP contribution in [0.3, 0.4) is 0 Å². The fraction of sp³-hybridized carbons (Fsp3) is 0.615. The van der Waals surface area contributed by atoms with Crippen molar-refractivity contribution in [2.45, 2.75) is 51.1 Å². The number of alkyl halides is 1. The van der Waals surface area contributed by atoms with E-state index in [0.717, 1.165) is 11.4 Å². The van der Waals surface area contributed by atoms with Gasteiger partial charge >= 0.3 is 0 Å². The van der Waals surface area contributed by atoms with Gasteiger partial charge in [0.1, 0.15) is 5.82 Å². The van der Waals surface area contributed by atoms with Crippen LogP contribution in [0.1, 0.15) is 38.7 Å². The van der Waals surface area contributed by atoms with Gasteiger partial charge in [-0.3, -0.25) is 0 Å². The van der Waals surface area contributed by atoms with Gasteiger partial charge in [0.25, 0.3) is 0 Å². The van der Waals surface area contributed by atoms with E-state index in [2.05, 4.69) is 35.9 Å². The van der Waals surface area contributed by atoms with Crippen molar-refractivity contribution in [3.05, 3.63) is 23.9 Å². The molecule has 3 heteroatoms. The van der Waals surface area contributed by atoms with Crippen LogP contribution in [0.15, 0.2) is 18.3 Å². The monoisotopic (exact) mass is 238 g/mol. The summed E-state index contributed by atoms with van der Waals surface area (Å²) in [7, 11) is 0. The molecule has 1 aromatic rings. The summed E-state index contributed by atoms with van der Waals surface area (Å²) in [6, 6.07) is 5.44. The highest BCUT2D eigenvalue weighted by molar-refractivity contribution is 6.17. The Kier molecular flexibility index (Phi) is 3.70. The molecule has 0 saturated carbocycles. The fourth-order valence-corrected chi connectivity index (χ4v) is 2.69. The molecule has 16 heavy (non-hydrogen) atoms. The molecule has 0 N–H and O–H groups in total. The van der Waals surface area contributed by atoms with Crippen LogP contribution in [0.5, 0.6) is 0 Å². The van der Waals surface area contributed by atoms with E-state index in [-0.39, 0.29) is 0 Å². The standard InChI is InChI=1S/C13H19ClN2/c1-3-12-6-4-10(2)16(12)13-7-5-11(8-14)9-15-13/h5,7,9-10,12H,3-4,6,8H2,1-2H3. The van der Waals surface area contributed by atoms with Gasteiger partial charge in [0.05, 0.1) is 0 Å². The zero-order valence-corrected chi connectivity index (χ0v) is 10.7. The molecule has 1 aromatic heterocycles. The molecule has 2 heterocycles. The average Bonchev–Trinajstić information content (AvgIpc) is 2.70. The Bertz CT molecular complexity index is 336. The second kappa shape index (κ2) is 5.05. The van der Waals surface area contributed by atoms with E-state index in [9.17, 15) is 0 Å². The number of rotatable bonds is 3. The quantitative estimate of drug-likeness (QED) is 0.749. The first-order valence-electron chi connectivity index (χ1n) is 6.05. The summed E-state index contributed by atoms with van der Waals surface area (Å²) in [6.07, 6.45) is 5.65. The minimum Gasteiger partial charge on any atom is -0.351 e. The van der Waals surface area contributed by atoms with E-state index in [0.29, 0.717) is 18.0 Å². The highest BCUT2D eigenvalue weighted by atomic mass is 35.5. The molecule has 1 aliphatic rings. The van der Waals surface area contributed by atoms with Gasteiger partial charge in [0.2, 0.25) is 0 Å². The van der Waals surface area contributed by atoms with Gasteiger partial charge in [-0.1, -0.05) is 13.0 Å². The molecule has 2 nitrogen and oxygen atoms in total. The van der Waals surface area contributed by atoms with E-state index in [1.54, 1.807) is 0 Å². The predicted molar refractivity (Wildman–Crippen MR) is 69.0 cm³/mol. The van der Waals surface area contributed by atoms with Gasteiger partial charge in [-0.15, -0.1) is 11.6 Å². The lowest BCUT2D eigenvalue weighted by Gasteiger charge is -2.29. The van der Waals surface area contributed by atoms with Crippen LogP contribution in [-0.2, 0) is 5.88 Å². The molecule has 0 aromatic carbocycles. The number of hydrogen-bond donors (Lipinski definition) is 0. The molecule has 0 radical (unpaired) electrons. The van der Waals surface area contributed by atoms with Crippen molar-refractivity contribution in [1.82, 2.24) is 4.98 Å². The molecule has 0 amide bonds. The summed E-state index contributed by atoms with van der Waals surface area (Å²) in [4.78, 5) is 6.98. The Labute approximate surface area is 103 Å². The zero-order valence-electron chi connectivity index (χ0n) is 9.99. The van der Waals surface area contributed by atoms with Crippen molar-refractivity contribution < 1.29 is 0 Å². The number of pyridine rings is 1. The summed E-state index contributed by atoms with van der Waals surface area (Å²) in [5, 5.41) is 0. The maximum absolute atomic E-state index is 5.77. The SMILES string of the molecule is CCC1CCC(C)N1c1ccc(CCl)cn1. The van der Waals surface area contributed by atoms with E-state index >= 15 is 0 Å². The van der Waals surface area contributed by atoms with Crippen LogP contribution in [0.25, 0.3) is 0 Å². The maximum Gasteiger partial charge on any atom is 0.128 e. The van der Waals surface area contributed by atoms with Crippen molar-refractivity contribution in [1.29, 1.82) is 0 Å². The predicted octanol–water partition coefficient (Wildman–Crippen LogP) is 3.59. The lowest BCUT2D eigenvalue weighted by atomic mass is 10.1. The Balaban J connectivity index is 2.21. The molecular formula is C13H19ClN2. The van der Waals surface area contributed by atoms with Crippen LogP contribution in [0, 0.1) is 0 Å². The Morgan fingerprint density at radius 1 is 1.44 bits per heavy atom. The largest absolute Gasteiger partial charge is 0.351 e. The molecule has 0 bridgehead atoms. The lowest BCUT2D eigenvalue weighted by Crippen LogP contribution is -2.34. The van der Waals surface area contributed by atoms with Gasteiger partial charge in [0.15, 0.2) is 0 Å². The summed E-state index contributed by atoms with van der Waals surface area (Å²) in [6.45, 7) is 4.54. The third-order valence-corrected chi connectivity index (χ3v) is 3.79. The van der Waals surface area contributed by atoms with Crippen molar-refractivity contribution >= 4 is 17.4 Å². The first-order chi connectivity index (χ1) is 7.76. The zero-order chi connectivity index (χ0) is 11.5. The molecule has 2 unspecified atom stereocenters. The molecular weight excluding hydrogens is 220 g/mol. The minimum absolute atomic E-state index is 0.542. The number of hydrogen-bond acceptors (Lipinski definition) is 2. The summed E-state index contributed by atoms with van der Waals surface area (Å²) < 4.78 is 0. The van der Waals surface area contributed by atoms with Crippen molar-refractivity contribution in [3.63, 3.8) is 0 Å². The van der Waals surface area contributed by atoms with Gasteiger partial charge in [-0.2, -0.15) is 0 Å². The number of nitrogens with zero attached hydrogens (tertiary/aromatic N) is 2. The Hall–Kier alpha value is -0.760. The van der Waals surface area contributed by atoms with E-state index in [1.165, 1.54) is 19.3 Å². The summed E-state index contributed by atoms with van der Waals surface area (Å²) in [5.41, 5.74) is 1.09. The fourth-order valence-electron chi connectivity index (χ4n) is 2.53. The topological polar surface area (TPSA) is 16.1 Å². The molecule has 0 spiro atoms. The van der Waals surface area contributed by atoms with Gasteiger partial charge in [-0.05, 0) is 37.8 Å². The molecule has 2 atom stereocenters. The molecule has 88 valence electrons. The molecule has 1 aliphatic heterocycles. The van der Waals surface area contributed by atoms with Crippen LogP contribution < -0.4 is 4.90 Å². The molecule has 1 fully saturated rings. The number of halogens is 1. The minimum atomic E-state index is 0.542. The molecule has 1 saturated heterocycles. The van der Waals surface area contributed by atoms with Crippen molar-refractivity contribution in [2.24, 2.45) is 0 Å². The van der Waals surface area contributed by atoms with Crippen LogP contribution in [0.4, 0.5) is 5.82 Å². The maximum atomic E-state index is 5.77. The second-order valence-corrected chi connectivity index (χ2v) is 4.82. The van der Waals surface area contributed by atoms with Gasteiger partial charge in [0, 0.05) is 24.2 Å². The summed E-state index contributed by atoms with van der Waals surface area (Å²) in [5.74, 6) is 1.64. The average molecular weight is 239 g/mol. The van der Waals surface area contributed by atoms with Gasteiger partial charge < -0.3 is 4.90 Å². The van der Waals surface area contributed by atoms with E-state index < -0.39 is 0 Å². The van der Waals surface area contributed by atoms with Crippen LogP contribution in [0.2, 0.25) is 0 Å². The Morgan fingerprint density at radius 2 is 2.25 bits per heavy atom. The first kappa shape index (κ1) is 11.7. The first-order valence-corrected chi connectivity index (χ1v) is 6.59.